The molecule has 0 aliphatic heterocycles. The number of aromatic nitrogens is 2. The van der Waals surface area contributed by atoms with Crippen molar-refractivity contribution in [3.8, 4) is 16.9 Å². The summed E-state index contributed by atoms with van der Waals surface area (Å²) in [7, 11) is 4.07. The van der Waals surface area contributed by atoms with Gasteiger partial charge in [0.1, 0.15) is 5.69 Å². The van der Waals surface area contributed by atoms with Crippen LogP contribution < -0.4 is 5.32 Å². The van der Waals surface area contributed by atoms with E-state index in [1.165, 1.54) is 0 Å². The Labute approximate surface area is 177 Å². The van der Waals surface area contributed by atoms with Crippen LogP contribution in [0.4, 0.5) is 0 Å². The number of nitrogens with one attached hydrogen (secondary N) is 1. The maximum atomic E-state index is 13.1. The molecule has 0 radical (unpaired) electrons. The second-order valence-electron chi connectivity index (χ2n) is 8.26. The number of rotatable bonds is 7. The van der Waals surface area contributed by atoms with Crippen LogP contribution in [0.1, 0.15) is 24.2 Å². The summed E-state index contributed by atoms with van der Waals surface area (Å²) in [6.45, 7) is 5.72. The predicted molar refractivity (Wildman–Crippen MR) is 119 cm³/mol. The molecular weight excluding hydrogens is 384 g/mol. The first-order valence-corrected chi connectivity index (χ1v) is 9.97. The minimum Gasteiger partial charge on any atom is -0.351 e. The summed E-state index contributed by atoms with van der Waals surface area (Å²) in [5, 5.41) is 8.43. The van der Waals surface area contributed by atoms with Gasteiger partial charge in [0.15, 0.2) is 0 Å². The van der Waals surface area contributed by atoms with E-state index in [1.807, 2.05) is 56.6 Å². The molecule has 0 atom stereocenters. The zero-order chi connectivity index (χ0) is 21.0. The molecule has 0 saturated carbocycles. The molecule has 1 aromatic heterocycles. The van der Waals surface area contributed by atoms with Gasteiger partial charge in [0.25, 0.3) is 5.91 Å². The van der Waals surface area contributed by atoms with Crippen LogP contribution in [0.2, 0.25) is 5.02 Å². The number of halogens is 1. The van der Waals surface area contributed by atoms with Crippen molar-refractivity contribution in [3.05, 3.63) is 71.4 Å². The Morgan fingerprint density at radius 1 is 1.10 bits per heavy atom. The second kappa shape index (κ2) is 8.80. The molecule has 1 heterocycles. The van der Waals surface area contributed by atoms with Gasteiger partial charge in [-0.1, -0.05) is 55.8 Å². The lowest BCUT2D eigenvalue weighted by atomic mass is 9.93. The number of hydrogen-bond acceptors (Lipinski definition) is 3. The minimum absolute atomic E-state index is 0.0466. The average molecular weight is 411 g/mol. The number of para-hydroxylation sites is 1. The van der Waals surface area contributed by atoms with E-state index in [0.717, 1.165) is 17.8 Å². The van der Waals surface area contributed by atoms with Crippen LogP contribution in [0.3, 0.4) is 0 Å². The van der Waals surface area contributed by atoms with Gasteiger partial charge < -0.3 is 10.2 Å². The van der Waals surface area contributed by atoms with E-state index in [4.69, 9.17) is 16.7 Å². The average Bonchev–Trinajstić information content (AvgIpc) is 3.12. The summed E-state index contributed by atoms with van der Waals surface area (Å²) >= 11 is 6.04. The topological polar surface area (TPSA) is 50.2 Å². The lowest BCUT2D eigenvalue weighted by Gasteiger charge is -2.28. The number of carbonyl (C=O) groups excluding carboxylic acids is 1. The van der Waals surface area contributed by atoms with Gasteiger partial charge in [-0.2, -0.15) is 5.10 Å². The molecule has 6 heteroatoms. The molecule has 3 aromatic rings. The van der Waals surface area contributed by atoms with Gasteiger partial charge >= 0.3 is 0 Å². The standard InChI is InChI=1S/C23H27ClN4O/c1-23(2,16-27(3)4)15-25-22(29)20-14-28(19-8-6-5-7-9-19)26-21(20)17-10-12-18(24)13-11-17/h5-14H,15-16H2,1-4H3,(H,25,29). The highest BCUT2D eigenvalue weighted by atomic mass is 35.5. The van der Waals surface area contributed by atoms with Crippen molar-refractivity contribution in [1.82, 2.24) is 20.0 Å². The molecule has 0 bridgehead atoms. The Kier molecular flexibility index (Phi) is 6.40. The Balaban J connectivity index is 1.92. The zero-order valence-corrected chi connectivity index (χ0v) is 18.1. The highest BCUT2D eigenvalue weighted by Crippen LogP contribution is 2.25. The molecule has 0 spiro atoms. The molecule has 1 N–H and O–H groups in total. The van der Waals surface area contributed by atoms with E-state index in [0.29, 0.717) is 22.8 Å². The maximum absolute atomic E-state index is 13.1. The van der Waals surface area contributed by atoms with Crippen molar-refractivity contribution in [2.24, 2.45) is 5.41 Å². The Bertz CT molecular complexity index is 962. The largest absolute Gasteiger partial charge is 0.351 e. The molecule has 1 amide bonds. The molecule has 152 valence electrons. The molecule has 3 rings (SSSR count). The Hall–Kier alpha value is -2.63. The van der Waals surface area contributed by atoms with Gasteiger partial charge in [0, 0.05) is 29.9 Å². The molecule has 0 fully saturated rings. The second-order valence-corrected chi connectivity index (χ2v) is 8.70. The fourth-order valence-corrected chi connectivity index (χ4v) is 3.53. The van der Waals surface area contributed by atoms with Gasteiger partial charge in [-0.05, 0) is 43.8 Å². The Morgan fingerprint density at radius 2 is 1.76 bits per heavy atom. The Morgan fingerprint density at radius 3 is 2.38 bits per heavy atom. The molecule has 29 heavy (non-hydrogen) atoms. The normalized spacial score (nSPS) is 11.7. The third-order valence-electron chi connectivity index (χ3n) is 4.57. The number of amides is 1. The maximum Gasteiger partial charge on any atom is 0.255 e. The van der Waals surface area contributed by atoms with Crippen molar-refractivity contribution >= 4 is 17.5 Å². The summed E-state index contributed by atoms with van der Waals surface area (Å²) in [6.07, 6.45) is 1.79. The highest BCUT2D eigenvalue weighted by molar-refractivity contribution is 6.30. The van der Waals surface area contributed by atoms with Gasteiger partial charge in [0.2, 0.25) is 0 Å². The molecule has 0 aliphatic carbocycles. The van der Waals surface area contributed by atoms with E-state index in [-0.39, 0.29) is 11.3 Å². The zero-order valence-electron chi connectivity index (χ0n) is 17.3. The fraction of sp³-hybridized carbons (Fsp3) is 0.304. The van der Waals surface area contributed by atoms with E-state index < -0.39 is 0 Å². The van der Waals surface area contributed by atoms with Crippen LogP contribution in [0.25, 0.3) is 16.9 Å². The van der Waals surface area contributed by atoms with Crippen LogP contribution >= 0.6 is 11.6 Å². The van der Waals surface area contributed by atoms with Gasteiger partial charge in [-0.3, -0.25) is 4.79 Å². The van der Waals surface area contributed by atoms with Crippen LogP contribution in [0, 0.1) is 5.41 Å². The van der Waals surface area contributed by atoms with Crippen molar-refractivity contribution in [2.75, 3.05) is 27.2 Å². The van der Waals surface area contributed by atoms with Crippen molar-refractivity contribution in [1.29, 1.82) is 0 Å². The summed E-state index contributed by atoms with van der Waals surface area (Å²) < 4.78 is 1.74. The van der Waals surface area contributed by atoms with E-state index in [9.17, 15) is 4.79 Å². The quantitative estimate of drug-likeness (QED) is 0.623. The smallest absolute Gasteiger partial charge is 0.255 e. The molecular formula is C23H27ClN4O. The predicted octanol–water partition coefficient (Wildman–Crippen LogP) is 4.51. The first kappa shape index (κ1) is 21.1. The van der Waals surface area contributed by atoms with E-state index in [2.05, 4.69) is 24.1 Å². The molecule has 2 aromatic carbocycles. The van der Waals surface area contributed by atoms with E-state index >= 15 is 0 Å². The summed E-state index contributed by atoms with van der Waals surface area (Å²) in [4.78, 5) is 15.2. The number of carbonyl (C=O) groups is 1. The van der Waals surface area contributed by atoms with E-state index in [1.54, 1.807) is 23.0 Å². The van der Waals surface area contributed by atoms with Gasteiger partial charge in [-0.25, -0.2) is 4.68 Å². The molecule has 0 unspecified atom stereocenters. The SMILES string of the molecule is CN(C)CC(C)(C)CNC(=O)c1cn(-c2ccccc2)nc1-c1ccc(Cl)cc1. The summed E-state index contributed by atoms with van der Waals surface area (Å²) in [5.74, 6) is -0.135. The fourth-order valence-electron chi connectivity index (χ4n) is 3.40. The monoisotopic (exact) mass is 410 g/mol. The lowest BCUT2D eigenvalue weighted by molar-refractivity contribution is 0.0930. The number of nitrogens with zero attached hydrogens (tertiary/aromatic N) is 3. The molecule has 5 nitrogen and oxygen atoms in total. The van der Waals surface area contributed by atoms with Crippen molar-refractivity contribution in [2.45, 2.75) is 13.8 Å². The van der Waals surface area contributed by atoms with Crippen molar-refractivity contribution < 1.29 is 4.79 Å². The lowest BCUT2D eigenvalue weighted by Crippen LogP contribution is -2.40. The third-order valence-corrected chi connectivity index (χ3v) is 4.82. The minimum atomic E-state index is -0.135. The first-order valence-electron chi connectivity index (χ1n) is 9.59. The molecule has 0 saturated heterocycles. The van der Waals surface area contributed by atoms with Crippen molar-refractivity contribution in [3.63, 3.8) is 0 Å². The first-order chi connectivity index (χ1) is 13.7. The third kappa shape index (κ3) is 5.46. The summed E-state index contributed by atoms with van der Waals surface area (Å²) in [5.41, 5.74) is 2.87. The van der Waals surface area contributed by atoms with Gasteiger partial charge in [0.05, 0.1) is 11.3 Å². The summed E-state index contributed by atoms with van der Waals surface area (Å²) in [6, 6.07) is 17.1. The van der Waals surface area contributed by atoms with Gasteiger partial charge in [-0.15, -0.1) is 0 Å². The van der Waals surface area contributed by atoms with Crippen LogP contribution in [-0.2, 0) is 0 Å². The van der Waals surface area contributed by atoms with Crippen LogP contribution in [0.5, 0.6) is 0 Å². The van der Waals surface area contributed by atoms with Crippen LogP contribution in [-0.4, -0.2) is 47.8 Å². The molecule has 0 aliphatic rings. The van der Waals surface area contributed by atoms with Crippen LogP contribution in [0.15, 0.2) is 60.8 Å². The number of hydrogen-bond donors (Lipinski definition) is 1. The number of benzene rings is 2. The highest BCUT2D eigenvalue weighted by Gasteiger charge is 2.23.